The first-order chi connectivity index (χ1) is 11.7. The van der Waals surface area contributed by atoms with E-state index in [4.69, 9.17) is 8.94 Å². The minimum atomic E-state index is -0.434. The minimum Gasteiger partial charge on any atom is -0.459 e. The molecule has 0 aliphatic heterocycles. The Labute approximate surface area is 139 Å². The highest BCUT2D eigenvalue weighted by molar-refractivity contribution is 5.91. The van der Waals surface area contributed by atoms with Crippen molar-refractivity contribution in [3.63, 3.8) is 0 Å². The van der Waals surface area contributed by atoms with Crippen molar-refractivity contribution in [1.82, 2.24) is 20.8 Å². The van der Waals surface area contributed by atoms with Crippen molar-refractivity contribution in [2.45, 2.75) is 38.0 Å². The Morgan fingerprint density at radius 3 is 2.58 bits per heavy atom. The van der Waals surface area contributed by atoms with Gasteiger partial charge >= 0.3 is 11.8 Å². The van der Waals surface area contributed by atoms with E-state index in [2.05, 4.69) is 20.8 Å². The first kappa shape index (κ1) is 16.2. The summed E-state index contributed by atoms with van der Waals surface area (Å²) in [7, 11) is 0. The van der Waals surface area contributed by atoms with Crippen LogP contribution in [0.5, 0.6) is 0 Å². The lowest BCUT2D eigenvalue weighted by atomic mass is 9.89. The lowest BCUT2D eigenvalue weighted by Crippen LogP contribution is -2.34. The van der Waals surface area contributed by atoms with E-state index in [1.165, 1.54) is 12.7 Å². The second-order valence-corrected chi connectivity index (χ2v) is 5.78. The quantitative estimate of drug-likeness (QED) is 0.781. The van der Waals surface area contributed by atoms with Crippen molar-refractivity contribution in [3.8, 4) is 0 Å². The van der Waals surface area contributed by atoms with Crippen LogP contribution in [0.15, 0.2) is 27.3 Å². The Hall–Kier alpha value is -2.64. The molecule has 3 rings (SSSR count). The topological polar surface area (TPSA) is 110 Å². The number of hydrogen-bond acceptors (Lipinski definition) is 6. The standard InChI is InChI=1S/C16H20N4O4/c21-14(12-7-4-10-23-12)17-8-9-18-15(22)16-19-13(20-24-16)11-5-2-1-3-6-11/h4,7,10-11H,1-3,5-6,8-9H2,(H,17,21)(H,18,22). The molecule has 2 aromatic heterocycles. The maximum Gasteiger partial charge on any atom is 0.315 e. The number of furan rings is 1. The lowest BCUT2D eigenvalue weighted by Gasteiger charge is -2.17. The highest BCUT2D eigenvalue weighted by Crippen LogP contribution is 2.30. The summed E-state index contributed by atoms with van der Waals surface area (Å²) in [6.07, 6.45) is 7.08. The molecular formula is C16H20N4O4. The Morgan fingerprint density at radius 1 is 1.12 bits per heavy atom. The molecule has 2 N–H and O–H groups in total. The molecular weight excluding hydrogens is 312 g/mol. The van der Waals surface area contributed by atoms with Crippen LogP contribution >= 0.6 is 0 Å². The third-order valence-corrected chi connectivity index (χ3v) is 4.05. The van der Waals surface area contributed by atoms with Crippen LogP contribution in [0.25, 0.3) is 0 Å². The normalized spacial score (nSPS) is 15.2. The van der Waals surface area contributed by atoms with Crippen molar-refractivity contribution in [2.24, 2.45) is 0 Å². The molecule has 2 aromatic rings. The van der Waals surface area contributed by atoms with Gasteiger partial charge in [-0.3, -0.25) is 9.59 Å². The van der Waals surface area contributed by atoms with Crippen molar-refractivity contribution in [3.05, 3.63) is 35.9 Å². The molecule has 1 aliphatic carbocycles. The van der Waals surface area contributed by atoms with Gasteiger partial charge in [0.15, 0.2) is 11.6 Å². The minimum absolute atomic E-state index is 0.0343. The number of nitrogens with zero attached hydrogens (tertiary/aromatic N) is 2. The first-order valence-corrected chi connectivity index (χ1v) is 8.17. The van der Waals surface area contributed by atoms with Crippen LogP contribution in [0.4, 0.5) is 0 Å². The fraction of sp³-hybridized carbons (Fsp3) is 0.500. The van der Waals surface area contributed by atoms with Gasteiger partial charge < -0.3 is 19.6 Å². The zero-order valence-electron chi connectivity index (χ0n) is 13.3. The van der Waals surface area contributed by atoms with Crippen LogP contribution in [0, 0.1) is 0 Å². The molecule has 128 valence electrons. The molecule has 2 amide bonds. The maximum absolute atomic E-state index is 12.0. The van der Waals surface area contributed by atoms with Gasteiger partial charge in [-0.2, -0.15) is 4.98 Å². The molecule has 8 heteroatoms. The molecule has 24 heavy (non-hydrogen) atoms. The third kappa shape index (κ3) is 4.01. The molecule has 0 saturated heterocycles. The Morgan fingerprint density at radius 2 is 1.88 bits per heavy atom. The maximum atomic E-state index is 12.0. The van der Waals surface area contributed by atoms with E-state index in [1.54, 1.807) is 12.1 Å². The third-order valence-electron chi connectivity index (χ3n) is 4.05. The van der Waals surface area contributed by atoms with Crippen molar-refractivity contribution in [2.75, 3.05) is 13.1 Å². The summed E-state index contributed by atoms with van der Waals surface area (Å²) in [4.78, 5) is 27.8. The zero-order chi connectivity index (χ0) is 16.8. The van der Waals surface area contributed by atoms with Crippen LogP contribution in [-0.4, -0.2) is 35.0 Å². The molecule has 0 spiro atoms. The number of amides is 2. The monoisotopic (exact) mass is 332 g/mol. The number of rotatable bonds is 6. The summed E-state index contributed by atoms with van der Waals surface area (Å²) in [5.41, 5.74) is 0. The van der Waals surface area contributed by atoms with Gasteiger partial charge in [-0.25, -0.2) is 0 Å². The highest BCUT2D eigenvalue weighted by atomic mass is 16.5. The summed E-state index contributed by atoms with van der Waals surface area (Å²) in [5, 5.41) is 9.19. The first-order valence-electron chi connectivity index (χ1n) is 8.17. The van der Waals surface area contributed by atoms with E-state index in [0.717, 1.165) is 25.7 Å². The predicted molar refractivity (Wildman–Crippen MR) is 83.5 cm³/mol. The molecule has 0 atom stereocenters. The van der Waals surface area contributed by atoms with Crippen LogP contribution in [0.2, 0.25) is 0 Å². The summed E-state index contributed by atoms with van der Waals surface area (Å²) >= 11 is 0. The van der Waals surface area contributed by atoms with E-state index in [9.17, 15) is 9.59 Å². The molecule has 8 nitrogen and oxygen atoms in total. The zero-order valence-corrected chi connectivity index (χ0v) is 13.3. The summed E-state index contributed by atoms with van der Waals surface area (Å²) < 4.78 is 10.0. The number of hydrogen-bond donors (Lipinski definition) is 2. The number of nitrogens with one attached hydrogen (secondary N) is 2. The fourth-order valence-corrected chi connectivity index (χ4v) is 2.78. The number of carbonyl (C=O) groups is 2. The Bertz CT molecular complexity index is 674. The largest absolute Gasteiger partial charge is 0.459 e. The van der Waals surface area contributed by atoms with E-state index in [-0.39, 0.29) is 36.6 Å². The average molecular weight is 332 g/mol. The summed E-state index contributed by atoms with van der Waals surface area (Å²) in [6, 6.07) is 3.20. The van der Waals surface area contributed by atoms with Gasteiger partial charge in [0, 0.05) is 19.0 Å². The Kier molecular flexibility index (Phi) is 5.25. The molecule has 2 heterocycles. The molecule has 1 fully saturated rings. The van der Waals surface area contributed by atoms with Gasteiger partial charge in [0.05, 0.1) is 6.26 Å². The van der Waals surface area contributed by atoms with Gasteiger partial charge in [-0.1, -0.05) is 24.4 Å². The molecule has 0 radical (unpaired) electrons. The molecule has 1 saturated carbocycles. The fourth-order valence-electron chi connectivity index (χ4n) is 2.78. The second kappa shape index (κ2) is 7.76. The average Bonchev–Trinajstić information content (AvgIpc) is 3.31. The van der Waals surface area contributed by atoms with Crippen LogP contribution in [0.3, 0.4) is 0 Å². The lowest BCUT2D eigenvalue weighted by molar-refractivity contribution is 0.0891. The van der Waals surface area contributed by atoms with Crippen LogP contribution < -0.4 is 10.6 Å². The van der Waals surface area contributed by atoms with Crippen molar-refractivity contribution < 1.29 is 18.5 Å². The van der Waals surface area contributed by atoms with Crippen molar-refractivity contribution >= 4 is 11.8 Å². The SMILES string of the molecule is O=C(NCCNC(=O)c1nc(C2CCCCC2)no1)c1ccco1. The van der Waals surface area contributed by atoms with Gasteiger partial charge in [0.2, 0.25) is 0 Å². The number of carbonyl (C=O) groups excluding carboxylic acids is 2. The van der Waals surface area contributed by atoms with E-state index < -0.39 is 5.91 Å². The Balaban J connectivity index is 1.42. The van der Waals surface area contributed by atoms with Crippen LogP contribution in [-0.2, 0) is 0 Å². The predicted octanol–water partition coefficient (Wildman–Crippen LogP) is 1.87. The van der Waals surface area contributed by atoms with Gasteiger partial charge in [0.1, 0.15) is 0 Å². The van der Waals surface area contributed by atoms with Gasteiger partial charge in [-0.15, -0.1) is 0 Å². The highest BCUT2D eigenvalue weighted by Gasteiger charge is 2.23. The van der Waals surface area contributed by atoms with E-state index >= 15 is 0 Å². The molecule has 0 bridgehead atoms. The van der Waals surface area contributed by atoms with Gasteiger partial charge in [0.25, 0.3) is 5.91 Å². The molecule has 0 aromatic carbocycles. The van der Waals surface area contributed by atoms with Gasteiger partial charge in [-0.05, 0) is 25.0 Å². The number of aromatic nitrogens is 2. The summed E-state index contributed by atoms with van der Waals surface area (Å²) in [6.45, 7) is 0.529. The van der Waals surface area contributed by atoms with Crippen molar-refractivity contribution in [1.29, 1.82) is 0 Å². The summed E-state index contributed by atoms with van der Waals surface area (Å²) in [5.74, 6) is 0.342. The molecule has 1 aliphatic rings. The van der Waals surface area contributed by atoms with Crippen LogP contribution in [0.1, 0.15) is 65.1 Å². The molecule has 0 unspecified atom stereocenters. The smallest absolute Gasteiger partial charge is 0.315 e. The van der Waals surface area contributed by atoms with E-state index in [1.807, 2.05) is 0 Å². The van der Waals surface area contributed by atoms with E-state index in [0.29, 0.717) is 5.82 Å². The second-order valence-electron chi connectivity index (χ2n) is 5.78.